The van der Waals surface area contributed by atoms with Crippen LogP contribution in [0.3, 0.4) is 0 Å². The van der Waals surface area contributed by atoms with Crippen LogP contribution >= 0.6 is 0 Å². The van der Waals surface area contributed by atoms with Gasteiger partial charge in [-0.3, -0.25) is 9.20 Å². The van der Waals surface area contributed by atoms with E-state index in [9.17, 15) is 4.79 Å². The molecule has 1 aromatic carbocycles. The number of anilines is 1. The standard InChI is InChI=1S/C14H12N4O/c1-9(19)10-3-2-4-11(7-10)12-8-17-13(15)14-16-5-6-18(12)14/h2-8H,1H3,(H2,15,17). The molecule has 0 fully saturated rings. The number of ketones is 1. The smallest absolute Gasteiger partial charge is 0.180 e. The molecule has 2 aromatic heterocycles. The molecule has 0 aliphatic carbocycles. The van der Waals surface area contributed by atoms with Gasteiger partial charge in [-0.25, -0.2) is 9.97 Å². The zero-order chi connectivity index (χ0) is 13.4. The Morgan fingerprint density at radius 2 is 2.16 bits per heavy atom. The lowest BCUT2D eigenvalue weighted by Gasteiger charge is -2.07. The fourth-order valence-corrected chi connectivity index (χ4v) is 2.05. The normalized spacial score (nSPS) is 10.8. The van der Waals surface area contributed by atoms with Crippen molar-refractivity contribution in [3.8, 4) is 11.3 Å². The number of aromatic nitrogens is 3. The van der Waals surface area contributed by atoms with E-state index in [0.29, 0.717) is 17.0 Å². The maximum Gasteiger partial charge on any atom is 0.180 e. The van der Waals surface area contributed by atoms with Crippen molar-refractivity contribution in [2.45, 2.75) is 6.92 Å². The van der Waals surface area contributed by atoms with Crippen LogP contribution in [0, 0.1) is 0 Å². The third-order valence-electron chi connectivity index (χ3n) is 3.02. The molecule has 0 amide bonds. The molecule has 0 unspecified atom stereocenters. The molecule has 3 aromatic rings. The fourth-order valence-electron chi connectivity index (χ4n) is 2.05. The molecule has 3 rings (SSSR count). The molecule has 2 N–H and O–H groups in total. The minimum absolute atomic E-state index is 0.0344. The van der Waals surface area contributed by atoms with E-state index in [2.05, 4.69) is 9.97 Å². The molecule has 94 valence electrons. The van der Waals surface area contributed by atoms with Crippen LogP contribution in [0.25, 0.3) is 16.9 Å². The molecule has 0 aliphatic heterocycles. The largest absolute Gasteiger partial charge is 0.381 e. The lowest BCUT2D eigenvalue weighted by molar-refractivity contribution is 0.101. The third kappa shape index (κ3) is 1.85. The van der Waals surface area contributed by atoms with Crippen LogP contribution in [0.4, 0.5) is 5.82 Å². The number of nitrogens with two attached hydrogens (primary N) is 1. The number of imidazole rings is 1. The Labute approximate surface area is 109 Å². The summed E-state index contributed by atoms with van der Waals surface area (Å²) in [5, 5.41) is 0. The summed E-state index contributed by atoms with van der Waals surface area (Å²) in [5.74, 6) is 0.420. The van der Waals surface area contributed by atoms with Gasteiger partial charge < -0.3 is 5.73 Å². The SMILES string of the molecule is CC(=O)c1cccc(-c2cnc(N)c3nccn23)c1. The Morgan fingerprint density at radius 3 is 2.95 bits per heavy atom. The zero-order valence-electron chi connectivity index (χ0n) is 10.4. The Hall–Kier alpha value is -2.69. The topological polar surface area (TPSA) is 73.3 Å². The van der Waals surface area contributed by atoms with Crippen LogP contribution < -0.4 is 5.73 Å². The number of benzene rings is 1. The van der Waals surface area contributed by atoms with Gasteiger partial charge in [0, 0.05) is 23.5 Å². The van der Waals surface area contributed by atoms with E-state index in [1.165, 1.54) is 0 Å². The van der Waals surface area contributed by atoms with Gasteiger partial charge in [-0.1, -0.05) is 18.2 Å². The predicted molar refractivity (Wildman–Crippen MR) is 72.8 cm³/mol. The fraction of sp³-hybridized carbons (Fsp3) is 0.0714. The van der Waals surface area contributed by atoms with Gasteiger partial charge in [-0.2, -0.15) is 0 Å². The molecule has 2 heterocycles. The zero-order valence-corrected chi connectivity index (χ0v) is 10.4. The Balaban J connectivity index is 2.25. The van der Waals surface area contributed by atoms with Crippen LogP contribution in [-0.4, -0.2) is 20.2 Å². The minimum Gasteiger partial charge on any atom is -0.381 e. The average molecular weight is 252 g/mol. The van der Waals surface area contributed by atoms with Crippen LogP contribution in [0.5, 0.6) is 0 Å². The van der Waals surface area contributed by atoms with Crippen molar-refractivity contribution < 1.29 is 4.79 Å². The quantitative estimate of drug-likeness (QED) is 0.709. The number of carbonyl (C=O) groups excluding carboxylic acids is 1. The van der Waals surface area contributed by atoms with Crippen molar-refractivity contribution in [3.05, 3.63) is 48.4 Å². The lowest BCUT2D eigenvalue weighted by Crippen LogP contribution is -2.00. The number of hydrogen-bond acceptors (Lipinski definition) is 4. The number of Topliss-reactive ketones (excluding diaryl/α,β-unsaturated/α-hetero) is 1. The average Bonchev–Trinajstić information content (AvgIpc) is 2.89. The highest BCUT2D eigenvalue weighted by Crippen LogP contribution is 2.22. The van der Waals surface area contributed by atoms with Crippen molar-refractivity contribution in [1.29, 1.82) is 0 Å². The molecule has 5 nitrogen and oxygen atoms in total. The summed E-state index contributed by atoms with van der Waals surface area (Å²) in [6, 6.07) is 7.42. The third-order valence-corrected chi connectivity index (χ3v) is 3.02. The van der Waals surface area contributed by atoms with Gasteiger partial charge in [0.15, 0.2) is 17.2 Å². The summed E-state index contributed by atoms with van der Waals surface area (Å²) in [6.45, 7) is 1.55. The second kappa shape index (κ2) is 4.20. The first-order valence-corrected chi connectivity index (χ1v) is 5.86. The van der Waals surface area contributed by atoms with Crippen molar-refractivity contribution >= 4 is 17.2 Å². The maximum atomic E-state index is 11.4. The van der Waals surface area contributed by atoms with E-state index >= 15 is 0 Å². The van der Waals surface area contributed by atoms with Crippen molar-refractivity contribution in [2.75, 3.05) is 5.73 Å². The molecular weight excluding hydrogens is 240 g/mol. The molecule has 0 aliphatic rings. The number of nitrogens with zero attached hydrogens (tertiary/aromatic N) is 3. The molecule has 5 heteroatoms. The van der Waals surface area contributed by atoms with Crippen LogP contribution in [-0.2, 0) is 0 Å². The van der Waals surface area contributed by atoms with E-state index in [4.69, 9.17) is 5.73 Å². The van der Waals surface area contributed by atoms with Crippen LogP contribution in [0.15, 0.2) is 42.9 Å². The van der Waals surface area contributed by atoms with Crippen molar-refractivity contribution in [2.24, 2.45) is 0 Å². The number of rotatable bonds is 2. The van der Waals surface area contributed by atoms with E-state index in [0.717, 1.165) is 11.3 Å². The lowest BCUT2D eigenvalue weighted by atomic mass is 10.1. The molecule has 0 radical (unpaired) electrons. The monoisotopic (exact) mass is 252 g/mol. The molecular formula is C14H12N4O. The molecule has 0 atom stereocenters. The number of nitrogen functional groups attached to an aromatic ring is 1. The first-order chi connectivity index (χ1) is 9.16. The molecule has 0 bridgehead atoms. The van der Waals surface area contributed by atoms with E-state index in [-0.39, 0.29) is 5.78 Å². The number of fused-ring (bicyclic) bond motifs is 1. The second-order valence-electron chi connectivity index (χ2n) is 4.29. The summed E-state index contributed by atoms with van der Waals surface area (Å²) in [6.07, 6.45) is 5.18. The first kappa shape index (κ1) is 11.4. The Morgan fingerprint density at radius 1 is 1.32 bits per heavy atom. The van der Waals surface area contributed by atoms with E-state index < -0.39 is 0 Å². The number of hydrogen-bond donors (Lipinski definition) is 1. The highest BCUT2D eigenvalue weighted by Gasteiger charge is 2.09. The Kier molecular flexibility index (Phi) is 2.52. The maximum absolute atomic E-state index is 11.4. The molecule has 0 saturated heterocycles. The van der Waals surface area contributed by atoms with Crippen LogP contribution in [0.1, 0.15) is 17.3 Å². The summed E-state index contributed by atoms with van der Waals surface area (Å²) in [4.78, 5) is 19.8. The first-order valence-electron chi connectivity index (χ1n) is 5.86. The van der Waals surface area contributed by atoms with Gasteiger partial charge in [0.05, 0.1) is 11.9 Å². The van der Waals surface area contributed by atoms with E-state index in [1.54, 1.807) is 25.4 Å². The predicted octanol–water partition coefficient (Wildman–Crippen LogP) is 2.18. The van der Waals surface area contributed by atoms with Gasteiger partial charge in [0.25, 0.3) is 0 Å². The van der Waals surface area contributed by atoms with Crippen molar-refractivity contribution in [3.63, 3.8) is 0 Å². The molecule has 19 heavy (non-hydrogen) atoms. The summed E-state index contributed by atoms with van der Waals surface area (Å²) < 4.78 is 1.86. The number of carbonyl (C=O) groups is 1. The Bertz CT molecular complexity index is 776. The van der Waals surface area contributed by atoms with Gasteiger partial charge >= 0.3 is 0 Å². The van der Waals surface area contributed by atoms with Gasteiger partial charge in [0.1, 0.15) is 0 Å². The van der Waals surface area contributed by atoms with Gasteiger partial charge in [-0.05, 0) is 13.0 Å². The van der Waals surface area contributed by atoms with Crippen molar-refractivity contribution in [1.82, 2.24) is 14.4 Å². The highest BCUT2D eigenvalue weighted by atomic mass is 16.1. The summed E-state index contributed by atoms with van der Waals surface area (Å²) in [5.41, 5.74) is 8.82. The van der Waals surface area contributed by atoms with E-state index in [1.807, 2.05) is 28.8 Å². The summed E-state index contributed by atoms with van der Waals surface area (Å²) >= 11 is 0. The van der Waals surface area contributed by atoms with Gasteiger partial charge in [-0.15, -0.1) is 0 Å². The summed E-state index contributed by atoms with van der Waals surface area (Å²) in [7, 11) is 0. The second-order valence-corrected chi connectivity index (χ2v) is 4.29. The highest BCUT2D eigenvalue weighted by molar-refractivity contribution is 5.95. The minimum atomic E-state index is 0.0344. The molecule has 0 spiro atoms. The van der Waals surface area contributed by atoms with Gasteiger partial charge in [0.2, 0.25) is 0 Å². The van der Waals surface area contributed by atoms with Crippen LogP contribution in [0.2, 0.25) is 0 Å². The molecule has 0 saturated carbocycles.